The van der Waals surface area contributed by atoms with Crippen molar-refractivity contribution < 1.29 is 0 Å². The molecule has 2 heteroatoms. The number of aromatic nitrogens is 1. The third kappa shape index (κ3) is 1.78. The van der Waals surface area contributed by atoms with Crippen LogP contribution in [0.2, 0.25) is 0 Å². The fourth-order valence-corrected chi connectivity index (χ4v) is 0.977. The molecule has 1 heterocycles. The highest BCUT2D eigenvalue weighted by molar-refractivity contribution is 5.62. The molecule has 0 saturated carbocycles. The van der Waals surface area contributed by atoms with Crippen molar-refractivity contribution in [2.24, 2.45) is 4.99 Å². The minimum Gasteiger partial charge on any atom is -0.262 e. The molecule has 2 nitrogen and oxygen atoms in total. The molecule has 0 bridgehead atoms. The number of nitrogens with zero attached hydrogens (tertiary/aromatic N) is 2. The van der Waals surface area contributed by atoms with E-state index in [2.05, 4.69) is 16.7 Å². The predicted molar refractivity (Wildman–Crippen MR) is 52.9 cm³/mol. The van der Waals surface area contributed by atoms with E-state index in [1.54, 1.807) is 0 Å². The van der Waals surface area contributed by atoms with E-state index < -0.39 is 0 Å². The lowest BCUT2D eigenvalue weighted by Crippen LogP contribution is -1.82. The Labute approximate surface area is 72.7 Å². The van der Waals surface area contributed by atoms with Gasteiger partial charge < -0.3 is 0 Å². The zero-order valence-corrected chi connectivity index (χ0v) is 7.41. The molecule has 0 aliphatic carbocycles. The van der Waals surface area contributed by atoms with E-state index in [0.717, 1.165) is 16.9 Å². The summed E-state index contributed by atoms with van der Waals surface area (Å²) >= 11 is 0. The highest BCUT2D eigenvalue weighted by Crippen LogP contribution is 2.18. The second kappa shape index (κ2) is 3.81. The van der Waals surface area contributed by atoms with Gasteiger partial charge in [-0.2, -0.15) is 0 Å². The van der Waals surface area contributed by atoms with Crippen molar-refractivity contribution >= 4 is 18.5 Å². The Morgan fingerprint density at radius 3 is 2.92 bits per heavy atom. The Hall–Kier alpha value is -1.44. The van der Waals surface area contributed by atoms with Crippen molar-refractivity contribution in [1.29, 1.82) is 0 Å². The first kappa shape index (κ1) is 8.65. The van der Waals surface area contributed by atoms with Gasteiger partial charge in [0.2, 0.25) is 0 Å². The summed E-state index contributed by atoms with van der Waals surface area (Å²) in [6.45, 7) is 7.43. The third-order valence-electron chi connectivity index (χ3n) is 1.53. The summed E-state index contributed by atoms with van der Waals surface area (Å²) in [5.74, 6) is 0. The van der Waals surface area contributed by atoms with E-state index in [1.807, 2.05) is 38.3 Å². The molecule has 0 amide bonds. The van der Waals surface area contributed by atoms with Crippen LogP contribution in [-0.2, 0) is 0 Å². The summed E-state index contributed by atoms with van der Waals surface area (Å²) in [7, 11) is 0. The second-order valence-corrected chi connectivity index (χ2v) is 2.58. The van der Waals surface area contributed by atoms with Crippen LogP contribution in [0, 0.1) is 6.92 Å². The molecule has 0 radical (unpaired) electrons. The van der Waals surface area contributed by atoms with Gasteiger partial charge in [0.05, 0.1) is 11.4 Å². The molecule has 0 aliphatic heterocycles. The summed E-state index contributed by atoms with van der Waals surface area (Å²) in [6, 6.07) is 1.97. The fraction of sp³-hybridized carbons (Fsp3) is 0.200. The first-order valence-corrected chi connectivity index (χ1v) is 3.84. The van der Waals surface area contributed by atoms with Gasteiger partial charge in [0.25, 0.3) is 0 Å². The Balaban J connectivity index is 3.19. The Bertz CT molecular complexity index is 314. The van der Waals surface area contributed by atoms with Crippen LogP contribution < -0.4 is 0 Å². The minimum absolute atomic E-state index is 0.841. The number of aryl methyl sites for hydroxylation is 1. The van der Waals surface area contributed by atoms with Crippen LogP contribution in [0.1, 0.15) is 18.2 Å². The minimum atomic E-state index is 0.841. The zero-order chi connectivity index (χ0) is 8.97. The lowest BCUT2D eigenvalue weighted by atomic mass is 10.2. The van der Waals surface area contributed by atoms with E-state index in [9.17, 15) is 0 Å². The number of aliphatic imine (C=N–C) groups is 1. The molecular weight excluding hydrogens is 148 g/mol. The van der Waals surface area contributed by atoms with E-state index in [-0.39, 0.29) is 0 Å². The second-order valence-electron chi connectivity index (χ2n) is 2.58. The topological polar surface area (TPSA) is 25.2 Å². The van der Waals surface area contributed by atoms with Gasteiger partial charge in [-0.15, -0.1) is 0 Å². The lowest BCUT2D eigenvalue weighted by molar-refractivity contribution is 1.23. The van der Waals surface area contributed by atoms with Gasteiger partial charge in [-0.05, 0) is 38.3 Å². The SMILES string of the molecule is C=Nc1cc(C)cnc1/C=C\C. The summed E-state index contributed by atoms with van der Waals surface area (Å²) < 4.78 is 0. The summed E-state index contributed by atoms with van der Waals surface area (Å²) in [5, 5.41) is 0. The molecule has 0 aliphatic rings. The zero-order valence-electron chi connectivity index (χ0n) is 7.41. The van der Waals surface area contributed by atoms with Crippen LogP contribution in [0.25, 0.3) is 6.08 Å². The average molecular weight is 160 g/mol. The Morgan fingerprint density at radius 1 is 1.58 bits per heavy atom. The molecule has 1 aromatic rings. The largest absolute Gasteiger partial charge is 0.262 e. The molecule has 12 heavy (non-hydrogen) atoms. The van der Waals surface area contributed by atoms with Crippen molar-refractivity contribution in [3.8, 4) is 0 Å². The molecule has 1 aromatic heterocycles. The van der Waals surface area contributed by atoms with Crippen LogP contribution in [0.15, 0.2) is 23.3 Å². The molecule has 0 saturated heterocycles. The summed E-state index contributed by atoms with van der Waals surface area (Å²) in [6.07, 6.45) is 5.68. The monoisotopic (exact) mass is 160 g/mol. The van der Waals surface area contributed by atoms with Crippen molar-refractivity contribution in [2.75, 3.05) is 0 Å². The molecule has 0 atom stereocenters. The maximum atomic E-state index is 4.22. The van der Waals surface area contributed by atoms with E-state index in [0.29, 0.717) is 0 Å². The number of rotatable bonds is 2. The molecule has 62 valence electrons. The summed E-state index contributed by atoms with van der Waals surface area (Å²) in [5.41, 5.74) is 2.82. The van der Waals surface area contributed by atoms with Gasteiger partial charge in [-0.1, -0.05) is 6.08 Å². The van der Waals surface area contributed by atoms with E-state index in [1.165, 1.54) is 0 Å². The number of hydrogen-bond donors (Lipinski definition) is 0. The highest BCUT2D eigenvalue weighted by Gasteiger charge is 1.97. The van der Waals surface area contributed by atoms with Crippen LogP contribution in [0.4, 0.5) is 5.69 Å². The third-order valence-corrected chi connectivity index (χ3v) is 1.53. The van der Waals surface area contributed by atoms with Gasteiger partial charge in [-0.3, -0.25) is 9.98 Å². The number of allylic oxidation sites excluding steroid dienone is 1. The van der Waals surface area contributed by atoms with Crippen molar-refractivity contribution in [3.05, 3.63) is 29.6 Å². The van der Waals surface area contributed by atoms with E-state index in [4.69, 9.17) is 0 Å². The number of hydrogen-bond acceptors (Lipinski definition) is 2. The summed E-state index contributed by atoms with van der Waals surface area (Å²) in [4.78, 5) is 8.10. The first-order chi connectivity index (χ1) is 5.77. The maximum absolute atomic E-state index is 4.22. The van der Waals surface area contributed by atoms with Gasteiger partial charge in [0.15, 0.2) is 0 Å². The fourth-order valence-electron chi connectivity index (χ4n) is 0.977. The molecule has 0 N–H and O–H groups in total. The molecular formula is C10H12N2. The molecule has 1 rings (SSSR count). The van der Waals surface area contributed by atoms with Crippen LogP contribution >= 0.6 is 0 Å². The Kier molecular flexibility index (Phi) is 2.75. The van der Waals surface area contributed by atoms with Gasteiger partial charge in [0.1, 0.15) is 0 Å². The smallest absolute Gasteiger partial charge is 0.0882 e. The highest BCUT2D eigenvalue weighted by atomic mass is 14.8. The molecule has 0 spiro atoms. The van der Waals surface area contributed by atoms with E-state index >= 15 is 0 Å². The first-order valence-electron chi connectivity index (χ1n) is 3.84. The quantitative estimate of drug-likeness (QED) is 0.611. The van der Waals surface area contributed by atoms with Crippen molar-refractivity contribution in [1.82, 2.24) is 4.98 Å². The number of pyridine rings is 1. The lowest BCUT2D eigenvalue weighted by Gasteiger charge is -1.99. The molecule has 0 fully saturated rings. The van der Waals surface area contributed by atoms with Crippen molar-refractivity contribution in [3.63, 3.8) is 0 Å². The molecule has 0 aromatic carbocycles. The van der Waals surface area contributed by atoms with Gasteiger partial charge >= 0.3 is 0 Å². The average Bonchev–Trinajstić information content (AvgIpc) is 2.08. The normalized spacial score (nSPS) is 10.5. The van der Waals surface area contributed by atoms with Gasteiger partial charge in [0, 0.05) is 6.20 Å². The van der Waals surface area contributed by atoms with Crippen LogP contribution in [0.3, 0.4) is 0 Å². The maximum Gasteiger partial charge on any atom is 0.0882 e. The Morgan fingerprint density at radius 2 is 2.33 bits per heavy atom. The van der Waals surface area contributed by atoms with Crippen LogP contribution in [-0.4, -0.2) is 11.7 Å². The predicted octanol–water partition coefficient (Wildman–Crippen LogP) is 2.76. The molecule has 0 unspecified atom stereocenters. The van der Waals surface area contributed by atoms with Crippen LogP contribution in [0.5, 0.6) is 0 Å². The standard InChI is InChI=1S/C10H12N2/c1-4-5-9-10(11-3)6-8(2)7-12-9/h4-7H,3H2,1-2H3/b5-4-. The van der Waals surface area contributed by atoms with Crippen molar-refractivity contribution in [2.45, 2.75) is 13.8 Å². The van der Waals surface area contributed by atoms with Gasteiger partial charge in [-0.25, -0.2) is 0 Å².